The number of amides is 1. The average Bonchev–Trinajstić information content (AvgIpc) is 2.94. The quantitative estimate of drug-likeness (QED) is 0.659. The molecule has 2 aliphatic rings. The Labute approximate surface area is 92.8 Å². The van der Waals surface area contributed by atoms with E-state index in [0.29, 0.717) is 11.8 Å². The molecule has 1 heterocycles. The Hall–Kier alpha value is -0.860. The predicted octanol–water partition coefficient (Wildman–Crippen LogP) is 2.10. The number of rotatable bonds is 2. The fourth-order valence-electron chi connectivity index (χ4n) is 2.14. The Kier molecular flexibility index (Phi) is 6.21. The minimum absolute atomic E-state index is 0.0856. The number of carbonyl (C=O) groups excluding carboxylic acids is 2. The normalized spacial score (nSPS) is 30.2. The summed E-state index contributed by atoms with van der Waals surface area (Å²) in [5.41, 5.74) is 0. The molecular formula is C12H23NO2. The van der Waals surface area contributed by atoms with E-state index < -0.39 is 0 Å². The molecular weight excluding hydrogens is 190 g/mol. The van der Waals surface area contributed by atoms with Gasteiger partial charge in [-0.3, -0.25) is 9.59 Å². The molecule has 0 aromatic rings. The number of ketones is 1. The molecule has 3 unspecified atom stereocenters. The van der Waals surface area contributed by atoms with Crippen LogP contribution in [-0.4, -0.2) is 29.7 Å². The molecule has 0 bridgehead atoms. The summed E-state index contributed by atoms with van der Waals surface area (Å²) in [6.45, 7) is 10.4. The number of piperidine rings is 1. The zero-order valence-electron chi connectivity index (χ0n) is 10.5. The van der Waals surface area contributed by atoms with Crippen LogP contribution >= 0.6 is 0 Å². The van der Waals surface area contributed by atoms with Gasteiger partial charge in [0.15, 0.2) is 5.78 Å². The molecule has 3 nitrogen and oxygen atoms in total. The van der Waals surface area contributed by atoms with Crippen LogP contribution in [0, 0.1) is 11.8 Å². The number of hydrogen-bond donors (Lipinski definition) is 0. The maximum absolute atomic E-state index is 11.1. The SMILES string of the molecule is CC.CC.CC(=O)C1C2CC2CN1C=O. The van der Waals surface area contributed by atoms with E-state index in [-0.39, 0.29) is 11.8 Å². The van der Waals surface area contributed by atoms with Crippen molar-refractivity contribution in [1.29, 1.82) is 0 Å². The van der Waals surface area contributed by atoms with Gasteiger partial charge in [-0.25, -0.2) is 0 Å². The van der Waals surface area contributed by atoms with Crippen LogP contribution in [-0.2, 0) is 9.59 Å². The molecule has 1 saturated carbocycles. The summed E-state index contributed by atoms with van der Waals surface area (Å²) in [5, 5.41) is 0. The fraction of sp³-hybridized carbons (Fsp3) is 0.833. The lowest BCUT2D eigenvalue weighted by Crippen LogP contribution is -2.37. The summed E-state index contributed by atoms with van der Waals surface area (Å²) in [6, 6.07) is -0.0856. The average molecular weight is 213 g/mol. The number of fused-ring (bicyclic) bond motifs is 1. The third-order valence-corrected chi connectivity index (χ3v) is 2.74. The molecule has 1 aliphatic carbocycles. The fourth-order valence-corrected chi connectivity index (χ4v) is 2.14. The van der Waals surface area contributed by atoms with E-state index in [9.17, 15) is 9.59 Å². The Balaban J connectivity index is 0.000000442. The largest absolute Gasteiger partial charge is 0.335 e. The zero-order valence-corrected chi connectivity index (χ0v) is 10.5. The molecule has 0 spiro atoms. The number of Topliss-reactive ketones (excluding diaryl/α,β-unsaturated/α-hetero) is 1. The van der Waals surface area contributed by atoms with Crippen molar-refractivity contribution in [2.75, 3.05) is 6.54 Å². The van der Waals surface area contributed by atoms with Crippen molar-refractivity contribution in [2.45, 2.75) is 47.1 Å². The van der Waals surface area contributed by atoms with E-state index in [4.69, 9.17) is 0 Å². The van der Waals surface area contributed by atoms with Crippen LogP contribution in [0.1, 0.15) is 41.0 Å². The maximum atomic E-state index is 11.1. The highest BCUT2D eigenvalue weighted by Gasteiger charge is 2.53. The Morgan fingerprint density at radius 3 is 2.13 bits per heavy atom. The summed E-state index contributed by atoms with van der Waals surface area (Å²) in [5.74, 6) is 1.27. The smallest absolute Gasteiger partial charge is 0.210 e. The Bertz CT molecular complexity index is 216. The van der Waals surface area contributed by atoms with E-state index in [0.717, 1.165) is 19.4 Å². The van der Waals surface area contributed by atoms with Gasteiger partial charge in [0.1, 0.15) is 0 Å². The molecule has 3 heteroatoms. The second-order valence-electron chi connectivity index (χ2n) is 3.52. The van der Waals surface area contributed by atoms with Crippen LogP contribution in [0.15, 0.2) is 0 Å². The number of hydrogen-bond acceptors (Lipinski definition) is 2. The molecule has 0 radical (unpaired) electrons. The summed E-state index contributed by atoms with van der Waals surface area (Å²) < 4.78 is 0. The number of carbonyl (C=O) groups is 2. The van der Waals surface area contributed by atoms with Crippen LogP contribution in [0.5, 0.6) is 0 Å². The van der Waals surface area contributed by atoms with Gasteiger partial charge in [0.25, 0.3) is 0 Å². The molecule has 1 aliphatic heterocycles. The molecule has 15 heavy (non-hydrogen) atoms. The van der Waals surface area contributed by atoms with Gasteiger partial charge in [-0.15, -0.1) is 0 Å². The van der Waals surface area contributed by atoms with Gasteiger partial charge in [0.05, 0.1) is 6.04 Å². The lowest BCUT2D eigenvalue weighted by Gasteiger charge is -2.19. The van der Waals surface area contributed by atoms with Gasteiger partial charge in [-0.1, -0.05) is 27.7 Å². The van der Waals surface area contributed by atoms with Gasteiger partial charge in [0.2, 0.25) is 6.41 Å². The lowest BCUT2D eigenvalue weighted by atomic mass is 10.1. The molecule has 0 aromatic carbocycles. The highest BCUT2D eigenvalue weighted by Crippen LogP contribution is 2.49. The van der Waals surface area contributed by atoms with E-state index in [1.54, 1.807) is 11.8 Å². The lowest BCUT2D eigenvalue weighted by molar-refractivity contribution is -0.129. The van der Waals surface area contributed by atoms with Gasteiger partial charge in [-0.05, 0) is 25.2 Å². The first-order valence-electron chi connectivity index (χ1n) is 5.95. The Morgan fingerprint density at radius 1 is 1.27 bits per heavy atom. The van der Waals surface area contributed by atoms with Crippen LogP contribution in [0.3, 0.4) is 0 Å². The van der Waals surface area contributed by atoms with Crippen LogP contribution in [0.4, 0.5) is 0 Å². The van der Waals surface area contributed by atoms with Crippen molar-refractivity contribution in [3.05, 3.63) is 0 Å². The molecule has 88 valence electrons. The minimum Gasteiger partial charge on any atom is -0.335 e. The van der Waals surface area contributed by atoms with Crippen molar-refractivity contribution in [3.63, 3.8) is 0 Å². The van der Waals surface area contributed by atoms with Crippen molar-refractivity contribution in [2.24, 2.45) is 11.8 Å². The van der Waals surface area contributed by atoms with E-state index in [2.05, 4.69) is 0 Å². The molecule has 0 N–H and O–H groups in total. The Morgan fingerprint density at radius 2 is 1.80 bits per heavy atom. The molecule has 2 rings (SSSR count). The van der Waals surface area contributed by atoms with Gasteiger partial charge in [-0.2, -0.15) is 0 Å². The van der Waals surface area contributed by atoms with Crippen molar-refractivity contribution < 1.29 is 9.59 Å². The van der Waals surface area contributed by atoms with E-state index in [1.807, 2.05) is 27.7 Å². The van der Waals surface area contributed by atoms with Gasteiger partial charge < -0.3 is 4.90 Å². The van der Waals surface area contributed by atoms with Crippen molar-refractivity contribution >= 4 is 12.2 Å². The summed E-state index contributed by atoms with van der Waals surface area (Å²) in [6.07, 6.45) is 1.95. The van der Waals surface area contributed by atoms with Crippen molar-refractivity contribution in [3.8, 4) is 0 Å². The highest BCUT2D eigenvalue weighted by atomic mass is 16.1. The standard InChI is InChI=1S/C8H11NO2.2C2H6/c1-5(11)8-7-2-6(7)3-9(8)4-10;2*1-2/h4,6-8H,2-3H2,1H3;2*1-2H3. The van der Waals surface area contributed by atoms with E-state index in [1.165, 1.54) is 0 Å². The minimum atomic E-state index is -0.0856. The number of nitrogens with zero attached hydrogens (tertiary/aromatic N) is 1. The first-order chi connectivity index (χ1) is 7.24. The van der Waals surface area contributed by atoms with Crippen LogP contribution in [0.2, 0.25) is 0 Å². The zero-order chi connectivity index (χ0) is 12.0. The second-order valence-corrected chi connectivity index (χ2v) is 3.52. The van der Waals surface area contributed by atoms with Crippen molar-refractivity contribution in [1.82, 2.24) is 4.90 Å². The van der Waals surface area contributed by atoms with Crippen LogP contribution in [0.25, 0.3) is 0 Å². The molecule has 1 amide bonds. The topological polar surface area (TPSA) is 37.4 Å². The first-order valence-corrected chi connectivity index (χ1v) is 5.95. The summed E-state index contributed by atoms with van der Waals surface area (Å²) in [7, 11) is 0. The second kappa shape index (κ2) is 6.59. The molecule has 1 saturated heterocycles. The first kappa shape index (κ1) is 14.1. The third-order valence-electron chi connectivity index (χ3n) is 2.74. The van der Waals surface area contributed by atoms with Gasteiger partial charge in [0, 0.05) is 6.54 Å². The van der Waals surface area contributed by atoms with Crippen LogP contribution < -0.4 is 0 Å². The molecule has 2 fully saturated rings. The highest BCUT2D eigenvalue weighted by molar-refractivity contribution is 5.85. The molecule has 0 aromatic heterocycles. The van der Waals surface area contributed by atoms with E-state index >= 15 is 0 Å². The maximum Gasteiger partial charge on any atom is 0.210 e. The predicted molar refractivity (Wildman–Crippen MR) is 61.5 cm³/mol. The molecule has 3 atom stereocenters. The van der Waals surface area contributed by atoms with Gasteiger partial charge >= 0.3 is 0 Å². The number of likely N-dealkylation sites (tertiary alicyclic amines) is 1. The summed E-state index contributed by atoms with van der Waals surface area (Å²) in [4.78, 5) is 23.2. The monoisotopic (exact) mass is 213 g/mol. The summed E-state index contributed by atoms with van der Waals surface area (Å²) >= 11 is 0. The third kappa shape index (κ3) is 3.05.